The molecule has 0 amide bonds. The Kier molecular flexibility index (Phi) is 4.98. The summed E-state index contributed by atoms with van der Waals surface area (Å²) in [6.07, 6.45) is 2.32. The van der Waals surface area contributed by atoms with Crippen molar-refractivity contribution < 1.29 is 5.11 Å². The van der Waals surface area contributed by atoms with E-state index < -0.39 is 0 Å². The van der Waals surface area contributed by atoms with E-state index >= 15 is 0 Å². The van der Waals surface area contributed by atoms with Crippen LogP contribution in [0.1, 0.15) is 25.3 Å². The van der Waals surface area contributed by atoms with E-state index in [-0.39, 0.29) is 6.10 Å². The third-order valence-corrected chi connectivity index (χ3v) is 3.84. The summed E-state index contributed by atoms with van der Waals surface area (Å²) in [5, 5.41) is 17.5. The smallest absolute Gasteiger partial charge is 0.0791 e. The van der Waals surface area contributed by atoms with E-state index in [0.717, 1.165) is 19.6 Å². The van der Waals surface area contributed by atoms with Crippen molar-refractivity contribution in [1.82, 2.24) is 10.2 Å². The van der Waals surface area contributed by atoms with Gasteiger partial charge in [-0.2, -0.15) is 11.3 Å². The summed E-state index contributed by atoms with van der Waals surface area (Å²) in [5.41, 5.74) is 1.37. The van der Waals surface area contributed by atoms with Crippen molar-refractivity contribution in [3.63, 3.8) is 0 Å². The number of aliphatic hydroxyl groups is 1. The van der Waals surface area contributed by atoms with Gasteiger partial charge in [-0.3, -0.25) is 4.90 Å². The van der Waals surface area contributed by atoms with Crippen LogP contribution in [0.5, 0.6) is 0 Å². The second-order valence-electron chi connectivity index (χ2n) is 4.75. The molecule has 0 spiro atoms. The van der Waals surface area contributed by atoms with Crippen LogP contribution < -0.4 is 5.32 Å². The first-order chi connectivity index (χ1) is 8.29. The molecule has 3 nitrogen and oxygen atoms in total. The number of hydrogen-bond donors (Lipinski definition) is 2. The summed E-state index contributed by atoms with van der Waals surface area (Å²) >= 11 is 1.74. The summed E-state index contributed by atoms with van der Waals surface area (Å²) < 4.78 is 0. The van der Waals surface area contributed by atoms with Gasteiger partial charge in [-0.15, -0.1) is 0 Å². The maximum atomic E-state index is 9.95. The maximum absolute atomic E-state index is 9.95. The quantitative estimate of drug-likeness (QED) is 0.741. The van der Waals surface area contributed by atoms with E-state index in [2.05, 4.69) is 34.0 Å². The molecule has 4 heteroatoms. The number of hydrogen-bond acceptors (Lipinski definition) is 4. The largest absolute Gasteiger partial charge is 0.390 e. The monoisotopic (exact) mass is 254 g/mol. The second-order valence-corrected chi connectivity index (χ2v) is 5.53. The van der Waals surface area contributed by atoms with Crippen LogP contribution in [0.3, 0.4) is 0 Å². The van der Waals surface area contributed by atoms with Crippen molar-refractivity contribution in [2.45, 2.75) is 38.5 Å². The topological polar surface area (TPSA) is 35.5 Å². The van der Waals surface area contributed by atoms with Gasteiger partial charge < -0.3 is 10.4 Å². The molecule has 1 unspecified atom stereocenters. The summed E-state index contributed by atoms with van der Waals surface area (Å²) in [6.45, 7) is 5.45. The first-order valence-electron chi connectivity index (χ1n) is 6.43. The number of nitrogens with one attached hydrogen (secondary N) is 1. The Morgan fingerprint density at radius 2 is 2.41 bits per heavy atom. The molecule has 0 saturated heterocycles. The molecular weight excluding hydrogens is 232 g/mol. The van der Waals surface area contributed by atoms with Gasteiger partial charge in [0.2, 0.25) is 0 Å². The molecule has 1 aromatic heterocycles. The second kappa shape index (κ2) is 6.50. The van der Waals surface area contributed by atoms with Gasteiger partial charge in [0.25, 0.3) is 0 Å². The fourth-order valence-electron chi connectivity index (χ4n) is 2.05. The van der Waals surface area contributed by atoms with Crippen LogP contribution in [-0.4, -0.2) is 41.8 Å². The zero-order valence-corrected chi connectivity index (χ0v) is 11.2. The molecular formula is C13H22N2OS. The Labute approximate surface area is 107 Å². The molecule has 1 heterocycles. The van der Waals surface area contributed by atoms with Gasteiger partial charge >= 0.3 is 0 Å². The maximum Gasteiger partial charge on any atom is 0.0791 e. The van der Waals surface area contributed by atoms with Crippen LogP contribution in [0.15, 0.2) is 16.8 Å². The molecule has 0 bridgehead atoms. The van der Waals surface area contributed by atoms with Crippen LogP contribution in [0.25, 0.3) is 0 Å². The van der Waals surface area contributed by atoms with E-state index in [1.54, 1.807) is 11.3 Å². The molecule has 1 saturated carbocycles. The molecule has 96 valence electrons. The molecule has 1 atom stereocenters. The van der Waals surface area contributed by atoms with E-state index in [9.17, 15) is 5.11 Å². The Bertz CT molecular complexity index is 311. The predicted octanol–water partition coefficient (Wildman–Crippen LogP) is 1.68. The Morgan fingerprint density at radius 1 is 1.59 bits per heavy atom. The Hall–Kier alpha value is -0.420. The molecule has 1 aromatic rings. The highest BCUT2D eigenvalue weighted by Gasteiger charge is 2.30. The lowest BCUT2D eigenvalue weighted by Gasteiger charge is -2.24. The summed E-state index contributed by atoms with van der Waals surface area (Å²) in [7, 11) is 0. The molecule has 2 N–H and O–H groups in total. The highest BCUT2D eigenvalue weighted by atomic mass is 32.1. The molecule has 1 aliphatic carbocycles. The van der Waals surface area contributed by atoms with Crippen molar-refractivity contribution >= 4 is 11.3 Å². The average molecular weight is 254 g/mol. The van der Waals surface area contributed by atoms with E-state index in [1.165, 1.54) is 18.4 Å². The van der Waals surface area contributed by atoms with Crippen molar-refractivity contribution in [2.75, 3.05) is 19.6 Å². The molecule has 0 aliphatic heterocycles. The van der Waals surface area contributed by atoms with E-state index in [4.69, 9.17) is 0 Å². The highest BCUT2D eigenvalue weighted by Crippen LogP contribution is 2.28. The van der Waals surface area contributed by atoms with Crippen molar-refractivity contribution in [3.05, 3.63) is 22.4 Å². The molecule has 0 radical (unpaired) electrons. The van der Waals surface area contributed by atoms with E-state index in [0.29, 0.717) is 12.6 Å². The van der Waals surface area contributed by atoms with Crippen LogP contribution in [0.2, 0.25) is 0 Å². The minimum Gasteiger partial charge on any atom is -0.390 e. The fourth-order valence-corrected chi connectivity index (χ4v) is 2.71. The van der Waals surface area contributed by atoms with Crippen molar-refractivity contribution in [1.29, 1.82) is 0 Å². The Morgan fingerprint density at radius 3 is 3.00 bits per heavy atom. The zero-order valence-electron chi connectivity index (χ0n) is 10.4. The lowest BCUT2D eigenvalue weighted by molar-refractivity contribution is 0.103. The SMILES string of the molecule is CCNCC(O)CN(Cc1ccsc1)C1CC1. The lowest BCUT2D eigenvalue weighted by atomic mass is 10.2. The number of likely N-dealkylation sites (N-methyl/N-ethyl adjacent to an activating group) is 1. The first kappa shape index (κ1) is 13.0. The Balaban J connectivity index is 1.80. The van der Waals surface area contributed by atoms with Gasteiger partial charge in [-0.25, -0.2) is 0 Å². The normalized spacial score (nSPS) is 17.6. The van der Waals surface area contributed by atoms with Crippen LogP contribution in [-0.2, 0) is 6.54 Å². The summed E-state index contributed by atoms with van der Waals surface area (Å²) in [6, 6.07) is 2.88. The van der Waals surface area contributed by atoms with Gasteiger partial charge in [0, 0.05) is 25.7 Å². The molecule has 17 heavy (non-hydrogen) atoms. The molecule has 0 aromatic carbocycles. The predicted molar refractivity (Wildman–Crippen MR) is 72.3 cm³/mol. The first-order valence-corrected chi connectivity index (χ1v) is 7.37. The fraction of sp³-hybridized carbons (Fsp3) is 0.692. The molecule has 2 rings (SSSR count). The third-order valence-electron chi connectivity index (χ3n) is 3.10. The van der Waals surface area contributed by atoms with Gasteiger partial charge in [0.15, 0.2) is 0 Å². The van der Waals surface area contributed by atoms with Crippen molar-refractivity contribution in [2.24, 2.45) is 0 Å². The van der Waals surface area contributed by atoms with Gasteiger partial charge in [0.05, 0.1) is 6.10 Å². The molecule has 1 fully saturated rings. The highest BCUT2D eigenvalue weighted by molar-refractivity contribution is 7.07. The van der Waals surface area contributed by atoms with E-state index in [1.807, 2.05) is 0 Å². The molecule has 1 aliphatic rings. The minimum atomic E-state index is -0.255. The third kappa shape index (κ3) is 4.39. The van der Waals surface area contributed by atoms with Crippen LogP contribution >= 0.6 is 11.3 Å². The van der Waals surface area contributed by atoms with Gasteiger partial charge in [-0.05, 0) is 41.8 Å². The van der Waals surface area contributed by atoms with Gasteiger partial charge in [-0.1, -0.05) is 6.92 Å². The van der Waals surface area contributed by atoms with Crippen molar-refractivity contribution in [3.8, 4) is 0 Å². The standard InChI is InChI=1S/C13H22N2OS/c1-2-14-7-13(16)9-15(12-3-4-12)8-11-5-6-17-10-11/h5-6,10,12-14,16H,2-4,7-9H2,1H3. The number of thiophene rings is 1. The number of aliphatic hydroxyl groups excluding tert-OH is 1. The van der Waals surface area contributed by atoms with Gasteiger partial charge in [0.1, 0.15) is 0 Å². The number of nitrogens with zero attached hydrogens (tertiary/aromatic N) is 1. The number of rotatable bonds is 8. The minimum absolute atomic E-state index is 0.255. The summed E-state index contributed by atoms with van der Waals surface area (Å²) in [4.78, 5) is 2.42. The zero-order chi connectivity index (χ0) is 12.1. The summed E-state index contributed by atoms with van der Waals surface area (Å²) in [5.74, 6) is 0. The van der Waals surface area contributed by atoms with Crippen LogP contribution in [0.4, 0.5) is 0 Å². The lowest BCUT2D eigenvalue weighted by Crippen LogP contribution is -2.39. The van der Waals surface area contributed by atoms with Crippen LogP contribution in [0, 0.1) is 0 Å². The average Bonchev–Trinajstić information content (AvgIpc) is 3.05.